The fourth-order valence-electron chi connectivity index (χ4n) is 3.08. The molecular formula is C21H22FN3O3. The Hall–Kier alpha value is -3.22. The molecule has 3 amide bonds. The van der Waals surface area contributed by atoms with Gasteiger partial charge in [-0.1, -0.05) is 24.3 Å². The maximum Gasteiger partial charge on any atom is 0.254 e. The summed E-state index contributed by atoms with van der Waals surface area (Å²) in [5, 5.41) is 5.07. The third-order valence-electron chi connectivity index (χ3n) is 4.58. The van der Waals surface area contributed by atoms with Crippen molar-refractivity contribution >= 4 is 17.7 Å². The Morgan fingerprint density at radius 2 is 1.71 bits per heavy atom. The minimum absolute atomic E-state index is 0.00262. The summed E-state index contributed by atoms with van der Waals surface area (Å²) in [4.78, 5) is 38.2. The molecule has 1 aliphatic heterocycles. The summed E-state index contributed by atoms with van der Waals surface area (Å²) in [6.45, 7) is 1.53. The topological polar surface area (TPSA) is 78.5 Å². The van der Waals surface area contributed by atoms with E-state index in [2.05, 4.69) is 10.6 Å². The van der Waals surface area contributed by atoms with Gasteiger partial charge in [0.2, 0.25) is 5.91 Å². The Morgan fingerprint density at radius 3 is 2.46 bits per heavy atom. The Morgan fingerprint density at radius 1 is 0.964 bits per heavy atom. The van der Waals surface area contributed by atoms with Crippen molar-refractivity contribution in [2.45, 2.75) is 19.4 Å². The Bertz CT molecular complexity index is 879. The molecule has 0 radical (unpaired) electrons. The summed E-state index contributed by atoms with van der Waals surface area (Å²) >= 11 is 0. The number of nitrogens with zero attached hydrogens (tertiary/aromatic N) is 1. The normalized spacial score (nSPS) is 13.2. The van der Waals surface area contributed by atoms with Crippen LogP contribution < -0.4 is 10.6 Å². The quantitative estimate of drug-likeness (QED) is 0.802. The van der Waals surface area contributed by atoms with Gasteiger partial charge in [0.1, 0.15) is 5.82 Å². The average molecular weight is 383 g/mol. The summed E-state index contributed by atoms with van der Waals surface area (Å²) in [6, 6.07) is 12.7. The van der Waals surface area contributed by atoms with Gasteiger partial charge in [0, 0.05) is 25.2 Å². The van der Waals surface area contributed by atoms with Gasteiger partial charge in [0.05, 0.1) is 12.1 Å². The average Bonchev–Trinajstić information content (AvgIpc) is 3.25. The highest BCUT2D eigenvalue weighted by Gasteiger charge is 2.19. The van der Waals surface area contributed by atoms with E-state index in [1.165, 1.54) is 18.2 Å². The van der Waals surface area contributed by atoms with Crippen molar-refractivity contribution in [1.82, 2.24) is 15.5 Å². The van der Waals surface area contributed by atoms with E-state index in [0.717, 1.165) is 31.5 Å². The van der Waals surface area contributed by atoms with Crippen LogP contribution in [0.2, 0.25) is 0 Å². The number of hydrogen-bond acceptors (Lipinski definition) is 3. The minimum atomic E-state index is -0.647. The smallest absolute Gasteiger partial charge is 0.254 e. The minimum Gasteiger partial charge on any atom is -0.350 e. The zero-order chi connectivity index (χ0) is 19.9. The first kappa shape index (κ1) is 19.5. The number of rotatable bonds is 6. The van der Waals surface area contributed by atoms with Gasteiger partial charge in [-0.3, -0.25) is 14.4 Å². The van der Waals surface area contributed by atoms with Crippen molar-refractivity contribution in [2.75, 3.05) is 19.6 Å². The molecular weight excluding hydrogens is 361 g/mol. The predicted molar refractivity (Wildman–Crippen MR) is 102 cm³/mol. The van der Waals surface area contributed by atoms with E-state index in [1.54, 1.807) is 24.3 Å². The number of likely N-dealkylation sites (tertiary alicyclic amines) is 1. The zero-order valence-electron chi connectivity index (χ0n) is 15.4. The highest BCUT2D eigenvalue weighted by Crippen LogP contribution is 2.14. The number of nitrogens with one attached hydrogen (secondary N) is 2. The van der Waals surface area contributed by atoms with Crippen LogP contribution in [-0.2, 0) is 11.3 Å². The fourth-order valence-corrected chi connectivity index (χ4v) is 3.08. The number of carbonyl (C=O) groups is 3. The number of amides is 3. The maximum atomic E-state index is 13.6. The lowest BCUT2D eigenvalue weighted by molar-refractivity contribution is -0.120. The van der Waals surface area contributed by atoms with E-state index < -0.39 is 17.6 Å². The van der Waals surface area contributed by atoms with Crippen LogP contribution >= 0.6 is 0 Å². The SMILES string of the molecule is O=C(CNC(=O)c1ccccc1F)NCc1cccc(C(=O)N2CCCC2)c1. The molecule has 0 bridgehead atoms. The second-order valence-corrected chi connectivity index (χ2v) is 6.64. The van der Waals surface area contributed by atoms with E-state index in [9.17, 15) is 18.8 Å². The van der Waals surface area contributed by atoms with Crippen molar-refractivity contribution in [3.8, 4) is 0 Å². The van der Waals surface area contributed by atoms with Crippen molar-refractivity contribution in [3.05, 3.63) is 71.0 Å². The van der Waals surface area contributed by atoms with Crippen molar-refractivity contribution < 1.29 is 18.8 Å². The van der Waals surface area contributed by atoms with Gasteiger partial charge in [-0.15, -0.1) is 0 Å². The van der Waals surface area contributed by atoms with Gasteiger partial charge >= 0.3 is 0 Å². The Balaban J connectivity index is 1.49. The molecule has 0 aliphatic carbocycles. The van der Waals surface area contributed by atoms with Gasteiger partial charge in [0.15, 0.2) is 0 Å². The second kappa shape index (κ2) is 9.12. The lowest BCUT2D eigenvalue weighted by atomic mass is 10.1. The van der Waals surface area contributed by atoms with Crippen LogP contribution in [0.25, 0.3) is 0 Å². The zero-order valence-corrected chi connectivity index (χ0v) is 15.4. The maximum absolute atomic E-state index is 13.6. The van der Waals surface area contributed by atoms with Crippen LogP contribution in [0.5, 0.6) is 0 Å². The largest absolute Gasteiger partial charge is 0.350 e. The lowest BCUT2D eigenvalue weighted by Gasteiger charge is -2.15. The molecule has 28 heavy (non-hydrogen) atoms. The number of benzene rings is 2. The van der Waals surface area contributed by atoms with Crippen molar-refractivity contribution in [3.63, 3.8) is 0 Å². The summed E-state index contributed by atoms with van der Waals surface area (Å²) in [6.07, 6.45) is 2.06. The van der Waals surface area contributed by atoms with E-state index >= 15 is 0 Å². The third kappa shape index (κ3) is 4.94. The molecule has 7 heteroatoms. The van der Waals surface area contributed by atoms with Crippen LogP contribution in [0.1, 0.15) is 39.1 Å². The number of halogens is 1. The highest BCUT2D eigenvalue weighted by molar-refractivity contribution is 5.96. The van der Waals surface area contributed by atoms with Crippen LogP contribution in [0.3, 0.4) is 0 Å². The Labute approximate surface area is 162 Å². The molecule has 0 unspecified atom stereocenters. The van der Waals surface area contributed by atoms with Crippen LogP contribution in [0.15, 0.2) is 48.5 Å². The highest BCUT2D eigenvalue weighted by atomic mass is 19.1. The molecule has 2 N–H and O–H groups in total. The Kier molecular flexibility index (Phi) is 6.37. The monoisotopic (exact) mass is 383 g/mol. The van der Waals surface area contributed by atoms with Gasteiger partial charge in [0.25, 0.3) is 11.8 Å². The molecule has 3 rings (SSSR count). The molecule has 146 valence electrons. The standard InChI is InChI=1S/C21H22FN3O3/c22-18-9-2-1-8-17(18)20(27)24-14-19(26)23-13-15-6-5-7-16(12-15)21(28)25-10-3-4-11-25/h1-2,5-9,12H,3-4,10-11,13-14H2,(H,23,26)(H,24,27). The molecule has 0 atom stereocenters. The van der Waals surface area contributed by atoms with Gasteiger partial charge in [-0.2, -0.15) is 0 Å². The molecule has 0 saturated carbocycles. The molecule has 1 aliphatic rings. The molecule has 1 fully saturated rings. The van der Waals surface area contributed by atoms with E-state index in [0.29, 0.717) is 5.56 Å². The predicted octanol–water partition coefficient (Wildman–Crippen LogP) is 2.11. The van der Waals surface area contributed by atoms with Crippen LogP contribution in [0, 0.1) is 5.82 Å². The molecule has 0 spiro atoms. The van der Waals surface area contributed by atoms with Crippen molar-refractivity contribution in [1.29, 1.82) is 0 Å². The van der Waals surface area contributed by atoms with E-state index in [1.807, 2.05) is 11.0 Å². The van der Waals surface area contributed by atoms with Crippen molar-refractivity contribution in [2.24, 2.45) is 0 Å². The van der Waals surface area contributed by atoms with Gasteiger partial charge in [-0.05, 0) is 42.7 Å². The molecule has 1 saturated heterocycles. The summed E-state index contributed by atoms with van der Waals surface area (Å²) in [5.74, 6) is -1.69. The van der Waals surface area contributed by atoms with Gasteiger partial charge in [-0.25, -0.2) is 4.39 Å². The first-order valence-electron chi connectivity index (χ1n) is 9.22. The first-order valence-corrected chi connectivity index (χ1v) is 9.22. The second-order valence-electron chi connectivity index (χ2n) is 6.64. The molecule has 0 aromatic heterocycles. The fraction of sp³-hybridized carbons (Fsp3) is 0.286. The first-order chi connectivity index (χ1) is 13.5. The van der Waals surface area contributed by atoms with Gasteiger partial charge < -0.3 is 15.5 Å². The molecule has 6 nitrogen and oxygen atoms in total. The molecule has 1 heterocycles. The third-order valence-corrected chi connectivity index (χ3v) is 4.58. The van der Waals surface area contributed by atoms with E-state index in [-0.39, 0.29) is 24.6 Å². The number of carbonyl (C=O) groups excluding carboxylic acids is 3. The number of hydrogen-bond donors (Lipinski definition) is 2. The lowest BCUT2D eigenvalue weighted by Crippen LogP contribution is -2.37. The summed E-state index contributed by atoms with van der Waals surface area (Å²) in [7, 11) is 0. The van der Waals surface area contributed by atoms with Crippen LogP contribution in [0.4, 0.5) is 4.39 Å². The molecule has 2 aromatic carbocycles. The molecule has 2 aromatic rings. The van der Waals surface area contributed by atoms with E-state index in [4.69, 9.17) is 0 Å². The van der Waals surface area contributed by atoms with Crippen LogP contribution in [-0.4, -0.2) is 42.3 Å². The summed E-state index contributed by atoms with van der Waals surface area (Å²) in [5.41, 5.74) is 1.28. The summed E-state index contributed by atoms with van der Waals surface area (Å²) < 4.78 is 13.6.